The summed E-state index contributed by atoms with van der Waals surface area (Å²) in [5, 5.41) is 5.74. The van der Waals surface area contributed by atoms with Gasteiger partial charge in [-0.25, -0.2) is 4.98 Å². The Morgan fingerprint density at radius 2 is 2.00 bits per heavy atom. The number of carbonyl (C=O) groups excluding carboxylic acids is 1. The first-order valence-electron chi connectivity index (χ1n) is 8.05. The molecular weight excluding hydrogens is 330 g/mol. The number of aromatic nitrogens is 2. The molecule has 0 aliphatic heterocycles. The second kappa shape index (κ2) is 8.35. The molecular formula is C20H19N3OS. The van der Waals surface area contributed by atoms with Gasteiger partial charge in [-0.15, -0.1) is 11.3 Å². The Hall–Kier alpha value is -2.79. The first-order valence-corrected chi connectivity index (χ1v) is 8.93. The smallest absolute Gasteiger partial charge is 0.244 e. The molecule has 4 nitrogen and oxygen atoms in total. The van der Waals surface area contributed by atoms with Crippen molar-refractivity contribution >= 4 is 23.3 Å². The van der Waals surface area contributed by atoms with Crippen molar-refractivity contribution < 1.29 is 4.79 Å². The fourth-order valence-electron chi connectivity index (χ4n) is 2.46. The highest BCUT2D eigenvalue weighted by atomic mass is 32.1. The Morgan fingerprint density at radius 1 is 1.16 bits per heavy atom. The summed E-state index contributed by atoms with van der Waals surface area (Å²) in [6.45, 7) is 2.06. The van der Waals surface area contributed by atoms with E-state index in [-0.39, 0.29) is 11.9 Å². The second-order valence-electron chi connectivity index (χ2n) is 5.71. The molecule has 1 atom stereocenters. The first kappa shape index (κ1) is 17.0. The number of thiazole rings is 1. The van der Waals surface area contributed by atoms with Gasteiger partial charge in [-0.3, -0.25) is 9.78 Å². The molecule has 0 unspecified atom stereocenters. The predicted molar refractivity (Wildman–Crippen MR) is 101 cm³/mol. The minimum atomic E-state index is -0.183. The number of hydrogen-bond donors (Lipinski definition) is 1. The van der Waals surface area contributed by atoms with Gasteiger partial charge < -0.3 is 5.32 Å². The summed E-state index contributed by atoms with van der Waals surface area (Å²) in [6, 6.07) is 13.9. The maximum Gasteiger partial charge on any atom is 0.244 e. The lowest BCUT2D eigenvalue weighted by Gasteiger charge is -2.17. The molecule has 126 valence electrons. The summed E-state index contributed by atoms with van der Waals surface area (Å²) in [6.07, 6.45) is 7.39. The second-order valence-corrected chi connectivity index (χ2v) is 6.64. The van der Waals surface area contributed by atoms with Gasteiger partial charge in [0.1, 0.15) is 5.01 Å². The standard InChI is InChI=1S/C20H19N3OS/c1-15-5-7-16(8-6-15)14-18(17-4-2-3-11-21-17)23-19(24)9-10-20-22-12-13-25-20/h2-13,18H,14H2,1H3,(H,23,24)/b10-9-/t18-/m0/s1. The zero-order valence-electron chi connectivity index (χ0n) is 13.9. The normalized spacial score (nSPS) is 12.2. The Bertz CT molecular complexity index is 827. The number of nitrogens with one attached hydrogen (secondary N) is 1. The molecule has 0 radical (unpaired) electrons. The summed E-state index contributed by atoms with van der Waals surface area (Å²) in [5.74, 6) is -0.155. The highest BCUT2D eigenvalue weighted by Gasteiger charge is 2.15. The maximum atomic E-state index is 12.3. The van der Waals surface area contributed by atoms with Crippen LogP contribution in [0.25, 0.3) is 6.08 Å². The van der Waals surface area contributed by atoms with Crippen LogP contribution in [0, 0.1) is 6.92 Å². The van der Waals surface area contributed by atoms with Gasteiger partial charge in [0.15, 0.2) is 0 Å². The van der Waals surface area contributed by atoms with E-state index in [9.17, 15) is 4.79 Å². The predicted octanol–water partition coefficient (Wildman–Crippen LogP) is 3.96. The largest absolute Gasteiger partial charge is 0.344 e. The van der Waals surface area contributed by atoms with Crippen molar-refractivity contribution in [2.45, 2.75) is 19.4 Å². The lowest BCUT2D eigenvalue weighted by Crippen LogP contribution is -2.29. The minimum Gasteiger partial charge on any atom is -0.344 e. The van der Waals surface area contributed by atoms with Crippen LogP contribution in [0.15, 0.2) is 66.3 Å². The number of nitrogens with zero attached hydrogens (tertiary/aromatic N) is 2. The average molecular weight is 349 g/mol. The van der Waals surface area contributed by atoms with Crippen LogP contribution in [0.4, 0.5) is 0 Å². The monoisotopic (exact) mass is 349 g/mol. The van der Waals surface area contributed by atoms with Crippen LogP contribution in [-0.4, -0.2) is 15.9 Å². The summed E-state index contributed by atoms with van der Waals surface area (Å²) >= 11 is 1.49. The van der Waals surface area contributed by atoms with Crippen LogP contribution >= 0.6 is 11.3 Å². The Morgan fingerprint density at radius 3 is 2.68 bits per heavy atom. The summed E-state index contributed by atoms with van der Waals surface area (Å²) < 4.78 is 0. The zero-order valence-corrected chi connectivity index (χ0v) is 14.7. The third-order valence-corrected chi connectivity index (χ3v) is 4.49. The number of carbonyl (C=O) groups is 1. The lowest BCUT2D eigenvalue weighted by atomic mass is 10.0. The molecule has 0 fully saturated rings. The number of aryl methyl sites for hydroxylation is 1. The molecule has 0 saturated carbocycles. The third kappa shape index (κ3) is 5.09. The summed E-state index contributed by atoms with van der Waals surface area (Å²) in [4.78, 5) is 20.9. The third-order valence-electron chi connectivity index (χ3n) is 3.75. The molecule has 2 heterocycles. The van der Waals surface area contributed by atoms with Crippen molar-refractivity contribution in [1.29, 1.82) is 0 Å². The fourth-order valence-corrected chi connectivity index (χ4v) is 2.98. The highest BCUT2D eigenvalue weighted by molar-refractivity contribution is 7.10. The van der Waals surface area contributed by atoms with E-state index < -0.39 is 0 Å². The van der Waals surface area contributed by atoms with E-state index in [2.05, 4.69) is 46.5 Å². The average Bonchev–Trinajstić information content (AvgIpc) is 3.16. The van der Waals surface area contributed by atoms with Gasteiger partial charge in [-0.1, -0.05) is 35.9 Å². The molecule has 1 N–H and O–H groups in total. The molecule has 2 aromatic heterocycles. The van der Waals surface area contributed by atoms with Crippen LogP contribution in [0.5, 0.6) is 0 Å². The van der Waals surface area contributed by atoms with Crippen LogP contribution in [-0.2, 0) is 11.2 Å². The van der Waals surface area contributed by atoms with Gasteiger partial charge in [-0.05, 0) is 37.1 Å². The van der Waals surface area contributed by atoms with E-state index in [1.165, 1.54) is 23.0 Å². The Kier molecular flexibility index (Phi) is 5.69. The van der Waals surface area contributed by atoms with E-state index in [1.54, 1.807) is 18.5 Å². The van der Waals surface area contributed by atoms with E-state index >= 15 is 0 Å². The number of hydrogen-bond acceptors (Lipinski definition) is 4. The van der Waals surface area contributed by atoms with Gasteiger partial charge in [0.2, 0.25) is 5.91 Å². The van der Waals surface area contributed by atoms with Gasteiger partial charge in [0.25, 0.3) is 0 Å². The van der Waals surface area contributed by atoms with Gasteiger partial charge in [0.05, 0.1) is 11.7 Å². The molecule has 3 rings (SSSR count). The zero-order chi connectivity index (χ0) is 17.5. The highest BCUT2D eigenvalue weighted by Crippen LogP contribution is 2.17. The van der Waals surface area contributed by atoms with Crippen molar-refractivity contribution in [2.75, 3.05) is 0 Å². The topological polar surface area (TPSA) is 54.9 Å². The quantitative estimate of drug-likeness (QED) is 0.685. The van der Waals surface area contributed by atoms with E-state index in [4.69, 9.17) is 0 Å². The van der Waals surface area contributed by atoms with Crippen LogP contribution in [0.2, 0.25) is 0 Å². The SMILES string of the molecule is Cc1ccc(C[C@H](NC(=O)/C=C\c2nccs2)c2ccccn2)cc1. The minimum absolute atomic E-state index is 0.155. The fraction of sp³-hybridized carbons (Fsp3) is 0.150. The lowest BCUT2D eigenvalue weighted by molar-refractivity contribution is -0.117. The maximum absolute atomic E-state index is 12.3. The molecule has 0 saturated heterocycles. The van der Waals surface area contributed by atoms with Gasteiger partial charge in [0, 0.05) is 23.8 Å². The Balaban J connectivity index is 1.74. The van der Waals surface area contributed by atoms with Gasteiger partial charge >= 0.3 is 0 Å². The van der Waals surface area contributed by atoms with Crippen molar-refractivity contribution in [3.8, 4) is 0 Å². The Labute approximate surface area is 151 Å². The molecule has 25 heavy (non-hydrogen) atoms. The number of benzene rings is 1. The van der Waals surface area contributed by atoms with Crippen LogP contribution in [0.3, 0.4) is 0 Å². The van der Waals surface area contributed by atoms with Crippen molar-refractivity contribution in [2.24, 2.45) is 0 Å². The van der Waals surface area contributed by atoms with Crippen molar-refractivity contribution in [3.05, 3.63) is 88.1 Å². The molecule has 0 aliphatic rings. The van der Waals surface area contributed by atoms with E-state index in [1.807, 2.05) is 23.6 Å². The van der Waals surface area contributed by atoms with E-state index in [0.29, 0.717) is 6.42 Å². The number of rotatable bonds is 6. The van der Waals surface area contributed by atoms with Crippen LogP contribution in [0.1, 0.15) is 27.9 Å². The molecule has 1 aromatic carbocycles. The number of pyridine rings is 1. The molecule has 0 bridgehead atoms. The van der Waals surface area contributed by atoms with E-state index in [0.717, 1.165) is 16.3 Å². The van der Waals surface area contributed by atoms with Crippen molar-refractivity contribution in [3.63, 3.8) is 0 Å². The van der Waals surface area contributed by atoms with Gasteiger partial charge in [-0.2, -0.15) is 0 Å². The molecule has 0 spiro atoms. The van der Waals surface area contributed by atoms with Crippen LogP contribution < -0.4 is 5.32 Å². The summed E-state index contributed by atoms with van der Waals surface area (Å²) in [7, 11) is 0. The first-order chi connectivity index (χ1) is 12.2. The number of amides is 1. The summed E-state index contributed by atoms with van der Waals surface area (Å²) in [5.41, 5.74) is 3.22. The van der Waals surface area contributed by atoms with Crippen molar-refractivity contribution in [1.82, 2.24) is 15.3 Å². The molecule has 3 aromatic rings. The molecule has 0 aliphatic carbocycles. The molecule has 1 amide bonds. The molecule has 5 heteroatoms.